The van der Waals surface area contributed by atoms with Crippen LogP contribution in [0.3, 0.4) is 0 Å². The maximum atomic E-state index is 10.4. The molecule has 0 radical (unpaired) electrons. The highest BCUT2D eigenvalue weighted by atomic mass is 35.5. The van der Waals surface area contributed by atoms with Crippen molar-refractivity contribution in [2.45, 2.75) is 26.7 Å². The molecule has 0 aliphatic heterocycles. The van der Waals surface area contributed by atoms with E-state index in [1.54, 1.807) is 6.92 Å². The van der Waals surface area contributed by atoms with Gasteiger partial charge in [0, 0.05) is 6.42 Å². The molecule has 0 saturated heterocycles. The lowest BCUT2D eigenvalue weighted by atomic mass is 10.00. The standard InChI is InChI=1S/C11H13ClO3/c1-6-5-7(2)10(12)11(15)8(6)3-4-9(13)14/h5,15H,3-4H2,1-2H3,(H,13,14). The number of aryl methyl sites for hydroxylation is 2. The van der Waals surface area contributed by atoms with Crippen molar-refractivity contribution in [2.75, 3.05) is 0 Å². The number of benzene rings is 1. The highest BCUT2D eigenvalue weighted by Gasteiger charge is 2.12. The summed E-state index contributed by atoms with van der Waals surface area (Å²) in [6, 6.07) is 1.85. The van der Waals surface area contributed by atoms with E-state index >= 15 is 0 Å². The second kappa shape index (κ2) is 4.53. The number of carbonyl (C=O) groups is 1. The van der Waals surface area contributed by atoms with Crippen molar-refractivity contribution >= 4 is 17.6 Å². The Bertz CT molecular complexity index is 399. The van der Waals surface area contributed by atoms with Gasteiger partial charge in [-0.2, -0.15) is 0 Å². The van der Waals surface area contributed by atoms with Crippen molar-refractivity contribution in [3.8, 4) is 5.75 Å². The van der Waals surface area contributed by atoms with Crippen molar-refractivity contribution < 1.29 is 15.0 Å². The van der Waals surface area contributed by atoms with Gasteiger partial charge in [0.15, 0.2) is 0 Å². The third-order valence-electron chi connectivity index (χ3n) is 2.34. The summed E-state index contributed by atoms with van der Waals surface area (Å²) in [6.45, 7) is 3.64. The molecule has 15 heavy (non-hydrogen) atoms. The number of phenolic OH excluding ortho intramolecular Hbond substituents is 1. The zero-order chi connectivity index (χ0) is 11.6. The van der Waals surface area contributed by atoms with Crippen LogP contribution in [0.1, 0.15) is 23.1 Å². The van der Waals surface area contributed by atoms with Crippen LogP contribution in [0.5, 0.6) is 5.75 Å². The summed E-state index contributed by atoms with van der Waals surface area (Å²) in [5.74, 6) is -0.874. The highest BCUT2D eigenvalue weighted by molar-refractivity contribution is 6.32. The van der Waals surface area contributed by atoms with E-state index in [1.165, 1.54) is 0 Å². The predicted octanol–water partition coefficient (Wildman–Crippen LogP) is 2.68. The van der Waals surface area contributed by atoms with Crippen LogP contribution >= 0.6 is 11.6 Å². The number of rotatable bonds is 3. The Morgan fingerprint density at radius 1 is 1.40 bits per heavy atom. The van der Waals surface area contributed by atoms with Crippen molar-refractivity contribution in [1.29, 1.82) is 0 Å². The first-order valence-electron chi connectivity index (χ1n) is 4.62. The molecule has 0 aliphatic carbocycles. The third-order valence-corrected chi connectivity index (χ3v) is 2.81. The maximum Gasteiger partial charge on any atom is 0.303 e. The van der Waals surface area contributed by atoms with Gasteiger partial charge in [-0.15, -0.1) is 0 Å². The van der Waals surface area contributed by atoms with Crippen LogP contribution < -0.4 is 0 Å². The topological polar surface area (TPSA) is 57.5 Å². The van der Waals surface area contributed by atoms with Gasteiger partial charge in [0.05, 0.1) is 5.02 Å². The molecule has 0 fully saturated rings. The number of halogens is 1. The number of carboxylic acids is 1. The first kappa shape index (κ1) is 11.9. The fourth-order valence-electron chi connectivity index (χ4n) is 1.53. The average molecular weight is 229 g/mol. The number of carboxylic acid groups (broad SMARTS) is 1. The minimum Gasteiger partial charge on any atom is -0.506 e. The average Bonchev–Trinajstić information content (AvgIpc) is 2.14. The van der Waals surface area contributed by atoms with Crippen LogP contribution in [0.2, 0.25) is 5.02 Å². The van der Waals surface area contributed by atoms with E-state index in [-0.39, 0.29) is 12.2 Å². The van der Waals surface area contributed by atoms with Crippen molar-refractivity contribution in [1.82, 2.24) is 0 Å². The number of aliphatic carboxylic acids is 1. The zero-order valence-corrected chi connectivity index (χ0v) is 9.43. The van der Waals surface area contributed by atoms with E-state index in [9.17, 15) is 9.90 Å². The first-order valence-corrected chi connectivity index (χ1v) is 5.00. The van der Waals surface area contributed by atoms with Gasteiger partial charge in [-0.25, -0.2) is 0 Å². The van der Waals surface area contributed by atoms with Gasteiger partial charge >= 0.3 is 5.97 Å². The predicted molar refractivity (Wildman–Crippen MR) is 58.5 cm³/mol. The summed E-state index contributed by atoms with van der Waals surface area (Å²) in [4.78, 5) is 10.4. The van der Waals surface area contributed by atoms with E-state index in [0.717, 1.165) is 11.1 Å². The van der Waals surface area contributed by atoms with Gasteiger partial charge in [0.1, 0.15) is 5.75 Å². The van der Waals surface area contributed by atoms with E-state index in [1.807, 2.05) is 13.0 Å². The summed E-state index contributed by atoms with van der Waals surface area (Å²) in [6.07, 6.45) is 0.292. The molecule has 1 aromatic carbocycles. The molecular weight excluding hydrogens is 216 g/mol. The molecular formula is C11H13ClO3. The fourth-order valence-corrected chi connectivity index (χ4v) is 1.70. The maximum absolute atomic E-state index is 10.4. The van der Waals surface area contributed by atoms with Gasteiger partial charge in [-0.3, -0.25) is 4.79 Å². The van der Waals surface area contributed by atoms with E-state index < -0.39 is 5.97 Å². The molecule has 0 unspecified atom stereocenters. The lowest BCUT2D eigenvalue weighted by Crippen LogP contribution is -2.00. The van der Waals surface area contributed by atoms with Crippen LogP contribution in [-0.4, -0.2) is 16.2 Å². The van der Waals surface area contributed by atoms with Crippen LogP contribution in [-0.2, 0) is 11.2 Å². The Kier molecular flexibility index (Phi) is 3.58. The molecule has 0 spiro atoms. The summed E-state index contributed by atoms with van der Waals surface area (Å²) in [5, 5.41) is 18.6. The van der Waals surface area contributed by atoms with Gasteiger partial charge in [-0.05, 0) is 37.0 Å². The van der Waals surface area contributed by atoms with Crippen molar-refractivity contribution in [3.05, 3.63) is 27.8 Å². The van der Waals surface area contributed by atoms with Gasteiger partial charge in [-0.1, -0.05) is 17.7 Å². The molecule has 3 nitrogen and oxygen atoms in total. The molecule has 1 rings (SSSR count). The largest absolute Gasteiger partial charge is 0.506 e. The van der Waals surface area contributed by atoms with E-state index in [4.69, 9.17) is 16.7 Å². The highest BCUT2D eigenvalue weighted by Crippen LogP contribution is 2.33. The molecule has 82 valence electrons. The Balaban J connectivity index is 3.07. The molecule has 0 bridgehead atoms. The molecule has 0 amide bonds. The van der Waals surface area contributed by atoms with E-state index in [2.05, 4.69) is 0 Å². The lowest BCUT2D eigenvalue weighted by Gasteiger charge is -2.11. The summed E-state index contributed by atoms with van der Waals surface area (Å²) >= 11 is 5.87. The number of aromatic hydroxyl groups is 1. The Labute approximate surface area is 93.3 Å². The molecule has 1 aromatic rings. The molecule has 4 heteroatoms. The SMILES string of the molecule is Cc1cc(C)c(CCC(=O)O)c(O)c1Cl. The monoisotopic (exact) mass is 228 g/mol. The smallest absolute Gasteiger partial charge is 0.303 e. The molecule has 0 atom stereocenters. The summed E-state index contributed by atoms with van der Waals surface area (Å²) in [7, 11) is 0. The normalized spacial score (nSPS) is 10.3. The first-order chi connectivity index (χ1) is 6.93. The van der Waals surface area contributed by atoms with Gasteiger partial charge < -0.3 is 10.2 Å². The molecule has 0 aliphatic rings. The van der Waals surface area contributed by atoms with Crippen LogP contribution in [0.15, 0.2) is 6.07 Å². The Hall–Kier alpha value is -1.22. The van der Waals surface area contributed by atoms with Crippen molar-refractivity contribution in [3.63, 3.8) is 0 Å². The van der Waals surface area contributed by atoms with Crippen molar-refractivity contribution in [2.24, 2.45) is 0 Å². The minimum atomic E-state index is -0.884. The van der Waals surface area contributed by atoms with Crippen LogP contribution in [0.25, 0.3) is 0 Å². The van der Waals surface area contributed by atoms with Gasteiger partial charge in [0.25, 0.3) is 0 Å². The number of hydrogen-bond donors (Lipinski definition) is 2. The number of hydrogen-bond acceptors (Lipinski definition) is 2. The van der Waals surface area contributed by atoms with Crippen LogP contribution in [0, 0.1) is 13.8 Å². The summed E-state index contributed by atoms with van der Waals surface area (Å²) < 4.78 is 0. The second-order valence-corrected chi connectivity index (χ2v) is 3.92. The Morgan fingerprint density at radius 2 is 2.00 bits per heavy atom. The third kappa shape index (κ3) is 2.63. The lowest BCUT2D eigenvalue weighted by molar-refractivity contribution is -0.136. The molecule has 0 aromatic heterocycles. The fraction of sp³-hybridized carbons (Fsp3) is 0.364. The summed E-state index contributed by atoms with van der Waals surface area (Å²) in [5.41, 5.74) is 2.29. The quantitative estimate of drug-likeness (QED) is 0.836. The van der Waals surface area contributed by atoms with Gasteiger partial charge in [0.2, 0.25) is 0 Å². The Morgan fingerprint density at radius 3 is 2.53 bits per heavy atom. The molecule has 2 N–H and O–H groups in total. The second-order valence-electron chi connectivity index (χ2n) is 3.55. The zero-order valence-electron chi connectivity index (χ0n) is 8.67. The minimum absolute atomic E-state index is 0.00616. The number of phenols is 1. The molecule has 0 saturated carbocycles. The van der Waals surface area contributed by atoms with Crippen LogP contribution in [0.4, 0.5) is 0 Å². The molecule has 0 heterocycles. The van der Waals surface area contributed by atoms with E-state index in [0.29, 0.717) is 17.0 Å².